The number of hydrogen-bond donors (Lipinski definition) is 1. The zero-order valence-electron chi connectivity index (χ0n) is 17.6. The van der Waals surface area contributed by atoms with Crippen LogP contribution in [0, 0.1) is 13.8 Å². The number of carbonyl (C=O) groups excluding carboxylic acids is 1. The summed E-state index contributed by atoms with van der Waals surface area (Å²) in [6.07, 6.45) is 0.827. The van der Waals surface area contributed by atoms with Crippen molar-refractivity contribution in [2.45, 2.75) is 25.4 Å². The molecule has 0 spiro atoms. The van der Waals surface area contributed by atoms with Crippen molar-refractivity contribution in [2.75, 3.05) is 12.3 Å². The lowest BCUT2D eigenvalue weighted by atomic mass is 10.0. The van der Waals surface area contributed by atoms with Gasteiger partial charge in [0.25, 0.3) is 5.56 Å². The lowest BCUT2D eigenvalue weighted by molar-refractivity contribution is -0.118. The first kappa shape index (κ1) is 21.8. The van der Waals surface area contributed by atoms with Gasteiger partial charge in [0.1, 0.15) is 4.83 Å². The minimum Gasteiger partial charge on any atom is -0.355 e. The molecular formula is C23H23N3O2S3. The van der Waals surface area contributed by atoms with Gasteiger partial charge >= 0.3 is 0 Å². The van der Waals surface area contributed by atoms with Crippen molar-refractivity contribution in [3.8, 4) is 11.1 Å². The van der Waals surface area contributed by atoms with Crippen LogP contribution >= 0.6 is 34.4 Å². The van der Waals surface area contributed by atoms with Gasteiger partial charge in [-0.15, -0.1) is 22.7 Å². The molecule has 0 saturated heterocycles. The van der Waals surface area contributed by atoms with Gasteiger partial charge in [-0.3, -0.25) is 14.2 Å². The summed E-state index contributed by atoms with van der Waals surface area (Å²) in [5, 5.41) is 8.15. The molecule has 4 rings (SSSR count). The van der Waals surface area contributed by atoms with E-state index in [-0.39, 0.29) is 17.2 Å². The van der Waals surface area contributed by atoms with Crippen LogP contribution in [-0.4, -0.2) is 27.8 Å². The minimum absolute atomic E-state index is 0.0575. The molecule has 0 radical (unpaired) electrons. The Morgan fingerprint density at radius 3 is 2.77 bits per heavy atom. The number of benzene rings is 1. The predicted molar refractivity (Wildman–Crippen MR) is 132 cm³/mol. The van der Waals surface area contributed by atoms with E-state index in [2.05, 4.69) is 42.3 Å². The zero-order valence-corrected chi connectivity index (χ0v) is 20.0. The Labute approximate surface area is 193 Å². The lowest BCUT2D eigenvalue weighted by Gasteiger charge is -2.09. The summed E-state index contributed by atoms with van der Waals surface area (Å²) < 4.78 is 1.54. The number of aryl methyl sites for hydroxylation is 2. The molecule has 8 heteroatoms. The van der Waals surface area contributed by atoms with Crippen LogP contribution < -0.4 is 10.9 Å². The van der Waals surface area contributed by atoms with Crippen LogP contribution in [0.2, 0.25) is 0 Å². The molecule has 5 nitrogen and oxygen atoms in total. The molecule has 1 amide bonds. The molecule has 0 saturated carbocycles. The molecule has 4 aromatic rings. The molecule has 160 valence electrons. The van der Waals surface area contributed by atoms with Crippen LogP contribution in [0.4, 0.5) is 0 Å². The van der Waals surface area contributed by atoms with Crippen molar-refractivity contribution >= 4 is 50.6 Å². The van der Waals surface area contributed by atoms with Crippen LogP contribution in [-0.2, 0) is 18.3 Å². The molecule has 31 heavy (non-hydrogen) atoms. The van der Waals surface area contributed by atoms with Crippen LogP contribution in [0.5, 0.6) is 0 Å². The maximum absolute atomic E-state index is 13.1. The largest absolute Gasteiger partial charge is 0.355 e. The number of nitrogens with zero attached hydrogens (tertiary/aromatic N) is 2. The first-order chi connectivity index (χ1) is 14.9. The molecule has 0 bridgehead atoms. The fraction of sp³-hybridized carbons (Fsp3) is 0.261. The third kappa shape index (κ3) is 4.76. The number of fused-ring (bicyclic) bond motifs is 1. The molecule has 0 unspecified atom stereocenters. The van der Waals surface area contributed by atoms with E-state index in [1.54, 1.807) is 23.0 Å². The van der Waals surface area contributed by atoms with Crippen molar-refractivity contribution in [3.63, 3.8) is 0 Å². The van der Waals surface area contributed by atoms with Crippen LogP contribution in [0.3, 0.4) is 0 Å². The minimum atomic E-state index is -0.0833. The lowest BCUT2D eigenvalue weighted by Crippen LogP contribution is -2.28. The van der Waals surface area contributed by atoms with E-state index in [0.29, 0.717) is 21.9 Å². The van der Waals surface area contributed by atoms with Gasteiger partial charge in [0.05, 0.1) is 11.1 Å². The van der Waals surface area contributed by atoms with Gasteiger partial charge in [-0.25, -0.2) is 4.98 Å². The average Bonchev–Trinajstić information content (AvgIpc) is 3.41. The summed E-state index contributed by atoms with van der Waals surface area (Å²) >= 11 is 4.44. The van der Waals surface area contributed by atoms with Crippen LogP contribution in [0.25, 0.3) is 21.3 Å². The van der Waals surface area contributed by atoms with E-state index in [4.69, 9.17) is 0 Å². The van der Waals surface area contributed by atoms with E-state index < -0.39 is 0 Å². The summed E-state index contributed by atoms with van der Waals surface area (Å²) in [4.78, 5) is 32.0. The number of hydrogen-bond acceptors (Lipinski definition) is 6. The van der Waals surface area contributed by atoms with Crippen LogP contribution in [0.1, 0.15) is 16.0 Å². The second kappa shape index (κ2) is 9.38. The first-order valence-electron chi connectivity index (χ1n) is 9.92. The van der Waals surface area contributed by atoms with Crippen molar-refractivity contribution in [1.82, 2.24) is 14.9 Å². The number of thiophene rings is 2. The van der Waals surface area contributed by atoms with Crippen LogP contribution in [0.15, 0.2) is 51.0 Å². The highest BCUT2D eigenvalue weighted by molar-refractivity contribution is 7.99. The molecule has 0 fully saturated rings. The van der Waals surface area contributed by atoms with E-state index in [1.807, 2.05) is 22.9 Å². The first-order valence-corrected chi connectivity index (χ1v) is 12.7. The fourth-order valence-corrected chi connectivity index (χ4v) is 5.76. The van der Waals surface area contributed by atoms with Crippen molar-refractivity contribution in [1.29, 1.82) is 0 Å². The molecular weight excluding hydrogens is 446 g/mol. The number of aromatic nitrogens is 2. The molecule has 0 atom stereocenters. The molecule has 3 aromatic heterocycles. The number of carbonyl (C=O) groups is 1. The average molecular weight is 470 g/mol. The summed E-state index contributed by atoms with van der Waals surface area (Å²) in [6, 6.07) is 10.3. The van der Waals surface area contributed by atoms with Gasteiger partial charge in [-0.1, -0.05) is 36.0 Å². The van der Waals surface area contributed by atoms with Gasteiger partial charge in [0.2, 0.25) is 5.91 Å². The molecule has 0 aliphatic rings. The smallest absolute Gasteiger partial charge is 0.263 e. The Bertz CT molecular complexity index is 1290. The third-order valence-electron chi connectivity index (χ3n) is 5.20. The van der Waals surface area contributed by atoms with Crippen molar-refractivity contribution in [2.24, 2.45) is 7.05 Å². The second-order valence-corrected chi connectivity index (χ2v) is 10.2. The second-order valence-electron chi connectivity index (χ2n) is 7.36. The highest BCUT2D eigenvalue weighted by Gasteiger charge is 2.17. The predicted octanol–water partition coefficient (Wildman–Crippen LogP) is 4.79. The van der Waals surface area contributed by atoms with Crippen molar-refractivity contribution in [3.05, 3.63) is 67.4 Å². The Hall–Kier alpha value is -2.42. The standard InChI is InChI=1S/C23H23N3O2S3/c1-14-6-7-16(11-15(14)2)18-12-30-21-20(18)22(28)26(3)23(25-21)31-13-19(27)24-9-8-17-5-4-10-29-17/h4-7,10-12H,8-9,13H2,1-3H3,(H,24,27). The van der Waals surface area contributed by atoms with Gasteiger partial charge in [0, 0.05) is 29.4 Å². The summed E-state index contributed by atoms with van der Waals surface area (Å²) in [5.74, 6) is 0.170. The maximum atomic E-state index is 13.1. The van der Waals surface area contributed by atoms with Gasteiger partial charge in [-0.05, 0) is 48.4 Å². The SMILES string of the molecule is Cc1ccc(-c2csc3nc(SCC(=O)NCCc4cccs4)n(C)c(=O)c23)cc1C. The highest BCUT2D eigenvalue weighted by Crippen LogP contribution is 2.32. The molecule has 0 aliphatic heterocycles. The van der Waals surface area contributed by atoms with Gasteiger partial charge < -0.3 is 5.32 Å². The Balaban J connectivity index is 1.49. The van der Waals surface area contributed by atoms with E-state index in [1.165, 1.54) is 39.1 Å². The van der Waals surface area contributed by atoms with E-state index in [0.717, 1.165) is 17.5 Å². The maximum Gasteiger partial charge on any atom is 0.263 e. The fourth-order valence-electron chi connectivity index (χ4n) is 3.26. The number of amides is 1. The Morgan fingerprint density at radius 1 is 1.19 bits per heavy atom. The summed E-state index contributed by atoms with van der Waals surface area (Å²) in [7, 11) is 1.72. The third-order valence-corrected chi connectivity index (χ3v) is 8.04. The topological polar surface area (TPSA) is 64.0 Å². The van der Waals surface area contributed by atoms with E-state index >= 15 is 0 Å². The van der Waals surface area contributed by atoms with E-state index in [9.17, 15) is 9.59 Å². The van der Waals surface area contributed by atoms with Gasteiger partial charge in [-0.2, -0.15) is 0 Å². The molecule has 1 aromatic carbocycles. The molecule has 1 N–H and O–H groups in total. The Kier molecular flexibility index (Phi) is 6.60. The normalized spacial score (nSPS) is 11.2. The highest BCUT2D eigenvalue weighted by atomic mass is 32.2. The number of thioether (sulfide) groups is 1. The van der Waals surface area contributed by atoms with Gasteiger partial charge in [0.15, 0.2) is 5.16 Å². The number of nitrogens with one attached hydrogen (secondary N) is 1. The zero-order chi connectivity index (χ0) is 22.0. The summed E-state index contributed by atoms with van der Waals surface area (Å²) in [6.45, 7) is 4.76. The monoisotopic (exact) mass is 469 g/mol. The Morgan fingerprint density at radius 2 is 2.03 bits per heavy atom. The number of rotatable bonds is 7. The quantitative estimate of drug-likeness (QED) is 0.312. The van der Waals surface area contributed by atoms with Crippen molar-refractivity contribution < 1.29 is 4.79 Å². The molecule has 3 heterocycles. The summed E-state index contributed by atoms with van der Waals surface area (Å²) in [5.41, 5.74) is 4.28. The molecule has 0 aliphatic carbocycles.